The molecule has 0 aromatic heterocycles. The minimum Gasteiger partial charge on any atom is -0.493 e. The van der Waals surface area contributed by atoms with Crippen molar-refractivity contribution in [2.45, 2.75) is 20.3 Å². The molecule has 0 heterocycles. The number of nitrogens with two attached hydrogens (primary N) is 1. The predicted molar refractivity (Wildman–Crippen MR) is 110 cm³/mol. The Morgan fingerprint density at radius 2 is 1.81 bits per heavy atom. The molecule has 0 saturated heterocycles. The lowest BCUT2D eigenvalue weighted by molar-refractivity contribution is -0.116. The standard InChI is InChI=1S/C20H25N3O3.ClH/c1-14-6-5-9-18(15(14)2)26-13-10-19(24)23-17-8-4-3-7-16(17)20(25)22-12-11-21;/h3-9H,10-13,21H2,1-2H3,(H,22,25)(H,23,24);1H. The van der Waals surface area contributed by atoms with E-state index in [1.807, 2.05) is 32.0 Å². The molecule has 2 amide bonds. The van der Waals surface area contributed by atoms with Crippen molar-refractivity contribution < 1.29 is 14.3 Å². The van der Waals surface area contributed by atoms with Crippen molar-refractivity contribution in [1.82, 2.24) is 5.32 Å². The van der Waals surface area contributed by atoms with Crippen molar-refractivity contribution in [1.29, 1.82) is 0 Å². The number of nitrogens with one attached hydrogen (secondary N) is 2. The smallest absolute Gasteiger partial charge is 0.253 e. The molecule has 0 unspecified atom stereocenters. The lowest BCUT2D eigenvalue weighted by Gasteiger charge is -2.12. The quantitative estimate of drug-likeness (QED) is 0.645. The van der Waals surface area contributed by atoms with E-state index in [0.29, 0.717) is 24.3 Å². The molecule has 0 spiro atoms. The minimum absolute atomic E-state index is 0. The third-order valence-electron chi connectivity index (χ3n) is 4.02. The summed E-state index contributed by atoms with van der Waals surface area (Å²) in [5, 5.41) is 5.47. The number of carbonyl (C=O) groups is 2. The average Bonchev–Trinajstić information content (AvgIpc) is 2.63. The zero-order valence-electron chi connectivity index (χ0n) is 15.6. The second-order valence-corrected chi connectivity index (χ2v) is 5.93. The van der Waals surface area contributed by atoms with Crippen molar-refractivity contribution in [3.05, 3.63) is 59.2 Å². The van der Waals surface area contributed by atoms with Crippen LogP contribution < -0.4 is 21.1 Å². The zero-order chi connectivity index (χ0) is 18.9. The highest BCUT2D eigenvalue weighted by atomic mass is 35.5. The van der Waals surface area contributed by atoms with Gasteiger partial charge in [0.1, 0.15) is 5.75 Å². The Labute approximate surface area is 165 Å². The Hall–Kier alpha value is -2.57. The van der Waals surface area contributed by atoms with Crippen molar-refractivity contribution >= 4 is 29.9 Å². The monoisotopic (exact) mass is 391 g/mol. The third-order valence-corrected chi connectivity index (χ3v) is 4.02. The predicted octanol–water partition coefficient (Wildman–Crippen LogP) is 2.82. The van der Waals surface area contributed by atoms with Crippen LogP contribution in [-0.2, 0) is 4.79 Å². The highest BCUT2D eigenvalue weighted by Gasteiger charge is 2.12. The van der Waals surface area contributed by atoms with Gasteiger partial charge < -0.3 is 21.1 Å². The number of anilines is 1. The number of halogens is 1. The third kappa shape index (κ3) is 6.58. The summed E-state index contributed by atoms with van der Waals surface area (Å²) >= 11 is 0. The number of amides is 2. The Morgan fingerprint density at radius 1 is 1.07 bits per heavy atom. The van der Waals surface area contributed by atoms with E-state index in [4.69, 9.17) is 10.5 Å². The molecule has 2 aromatic rings. The van der Waals surface area contributed by atoms with Crippen LogP contribution >= 0.6 is 12.4 Å². The summed E-state index contributed by atoms with van der Waals surface area (Å²) in [7, 11) is 0. The van der Waals surface area contributed by atoms with E-state index in [2.05, 4.69) is 10.6 Å². The molecule has 146 valence electrons. The van der Waals surface area contributed by atoms with Crippen molar-refractivity contribution in [2.75, 3.05) is 25.0 Å². The maximum absolute atomic E-state index is 12.2. The van der Waals surface area contributed by atoms with Crippen LogP contribution in [0, 0.1) is 13.8 Å². The molecule has 4 N–H and O–H groups in total. The van der Waals surface area contributed by atoms with Gasteiger partial charge in [-0.25, -0.2) is 0 Å². The molecule has 0 bridgehead atoms. The second-order valence-electron chi connectivity index (χ2n) is 5.93. The first kappa shape index (κ1) is 22.5. The number of hydrogen-bond acceptors (Lipinski definition) is 4. The summed E-state index contributed by atoms with van der Waals surface area (Å²) in [4.78, 5) is 24.3. The first-order valence-electron chi connectivity index (χ1n) is 8.59. The lowest BCUT2D eigenvalue weighted by atomic mass is 10.1. The van der Waals surface area contributed by atoms with Crippen LogP contribution in [0.2, 0.25) is 0 Å². The minimum atomic E-state index is -0.266. The molecule has 2 aromatic carbocycles. The lowest BCUT2D eigenvalue weighted by Crippen LogP contribution is -2.30. The molecule has 0 aliphatic rings. The van der Waals surface area contributed by atoms with E-state index in [9.17, 15) is 9.59 Å². The van der Waals surface area contributed by atoms with Crippen molar-refractivity contribution in [3.63, 3.8) is 0 Å². The van der Waals surface area contributed by atoms with E-state index >= 15 is 0 Å². The summed E-state index contributed by atoms with van der Waals surface area (Å²) in [6, 6.07) is 12.7. The van der Waals surface area contributed by atoms with Crippen LogP contribution in [0.3, 0.4) is 0 Å². The summed E-state index contributed by atoms with van der Waals surface area (Å²) in [6.45, 7) is 5.00. The molecule has 0 aliphatic heterocycles. The Kier molecular flexibility index (Phi) is 9.33. The number of ether oxygens (including phenoxy) is 1. The first-order valence-corrected chi connectivity index (χ1v) is 8.59. The SMILES string of the molecule is Cc1cccc(OCCC(=O)Nc2ccccc2C(=O)NCCN)c1C.Cl. The van der Waals surface area contributed by atoms with Crippen LogP contribution in [0.25, 0.3) is 0 Å². The summed E-state index contributed by atoms with van der Waals surface area (Å²) in [5.41, 5.74) is 8.48. The number of carbonyl (C=O) groups excluding carboxylic acids is 2. The highest BCUT2D eigenvalue weighted by molar-refractivity contribution is 6.03. The molecule has 0 saturated carbocycles. The molecule has 27 heavy (non-hydrogen) atoms. The number of benzene rings is 2. The van der Waals surface area contributed by atoms with Gasteiger partial charge in [-0.3, -0.25) is 9.59 Å². The van der Waals surface area contributed by atoms with E-state index in [-0.39, 0.29) is 37.2 Å². The van der Waals surface area contributed by atoms with Gasteiger partial charge in [0.25, 0.3) is 5.91 Å². The average molecular weight is 392 g/mol. The molecule has 0 aliphatic carbocycles. The summed E-state index contributed by atoms with van der Waals surface area (Å²) in [6.07, 6.45) is 0.187. The normalized spacial score (nSPS) is 9.89. The van der Waals surface area contributed by atoms with Crippen LogP contribution in [0.15, 0.2) is 42.5 Å². The maximum atomic E-state index is 12.2. The van der Waals surface area contributed by atoms with Crippen LogP contribution in [0.1, 0.15) is 27.9 Å². The largest absolute Gasteiger partial charge is 0.493 e. The van der Waals surface area contributed by atoms with Gasteiger partial charge in [-0.2, -0.15) is 0 Å². The Morgan fingerprint density at radius 3 is 2.56 bits per heavy atom. The Balaban J connectivity index is 0.00000364. The molecule has 0 fully saturated rings. The van der Waals surface area contributed by atoms with Crippen molar-refractivity contribution in [2.24, 2.45) is 5.73 Å². The molecule has 0 atom stereocenters. The topological polar surface area (TPSA) is 93.4 Å². The fraction of sp³-hybridized carbons (Fsp3) is 0.300. The highest BCUT2D eigenvalue weighted by Crippen LogP contribution is 2.21. The maximum Gasteiger partial charge on any atom is 0.253 e. The van der Waals surface area contributed by atoms with Gasteiger partial charge in [0.05, 0.1) is 24.3 Å². The molecule has 0 radical (unpaired) electrons. The molecule has 6 nitrogen and oxygen atoms in total. The van der Waals surface area contributed by atoms with Crippen LogP contribution in [0.5, 0.6) is 5.75 Å². The van der Waals surface area contributed by atoms with Gasteiger partial charge >= 0.3 is 0 Å². The molecule has 7 heteroatoms. The van der Waals surface area contributed by atoms with Gasteiger partial charge in [-0.05, 0) is 43.2 Å². The fourth-order valence-electron chi connectivity index (χ4n) is 2.42. The number of para-hydroxylation sites is 1. The van der Waals surface area contributed by atoms with E-state index in [0.717, 1.165) is 16.9 Å². The van der Waals surface area contributed by atoms with Crippen molar-refractivity contribution in [3.8, 4) is 5.75 Å². The van der Waals surface area contributed by atoms with E-state index in [1.165, 1.54) is 0 Å². The molecular formula is C20H26ClN3O3. The van der Waals surface area contributed by atoms with Gasteiger partial charge in [0, 0.05) is 13.1 Å². The Bertz CT molecular complexity index is 781. The molecule has 2 rings (SSSR count). The van der Waals surface area contributed by atoms with Gasteiger partial charge in [-0.1, -0.05) is 24.3 Å². The fourth-order valence-corrected chi connectivity index (χ4v) is 2.42. The second kappa shape index (κ2) is 11.2. The number of rotatable bonds is 8. The van der Waals surface area contributed by atoms with Gasteiger partial charge in [0.15, 0.2) is 0 Å². The number of aryl methyl sites for hydroxylation is 1. The van der Waals surface area contributed by atoms with E-state index < -0.39 is 0 Å². The summed E-state index contributed by atoms with van der Waals surface area (Å²) in [5.74, 6) is 0.298. The molecular weight excluding hydrogens is 366 g/mol. The van der Waals surface area contributed by atoms with Crippen LogP contribution in [0.4, 0.5) is 5.69 Å². The van der Waals surface area contributed by atoms with Gasteiger partial charge in [0.2, 0.25) is 5.91 Å². The number of hydrogen-bond donors (Lipinski definition) is 3. The summed E-state index contributed by atoms with van der Waals surface area (Å²) < 4.78 is 5.70. The van der Waals surface area contributed by atoms with Gasteiger partial charge in [-0.15, -0.1) is 12.4 Å². The first-order chi connectivity index (χ1) is 12.5. The van der Waals surface area contributed by atoms with E-state index in [1.54, 1.807) is 24.3 Å². The van der Waals surface area contributed by atoms with Crippen LogP contribution in [-0.4, -0.2) is 31.5 Å². The zero-order valence-corrected chi connectivity index (χ0v) is 16.4.